The molecule has 0 atom stereocenters. The molecule has 0 saturated heterocycles. The first kappa shape index (κ1) is 14.1. The van der Waals surface area contributed by atoms with Crippen molar-refractivity contribution >= 4 is 16.0 Å². The van der Waals surface area contributed by atoms with Crippen LogP contribution in [-0.2, 0) is 10.0 Å². The Balaban J connectivity index is 2.46. The van der Waals surface area contributed by atoms with Gasteiger partial charge in [-0.05, 0) is 0 Å². The number of rotatable bonds is 5. The Hall–Kier alpha value is -2.29. The van der Waals surface area contributed by atoms with Crippen LogP contribution in [0.5, 0.6) is 11.5 Å². The number of methoxy groups -OCH3 is 2. The van der Waals surface area contributed by atoms with E-state index in [-0.39, 0.29) is 17.4 Å². The monoisotopic (exact) mass is 301 g/mol. The van der Waals surface area contributed by atoms with Crippen LogP contribution in [0.3, 0.4) is 0 Å². The summed E-state index contributed by atoms with van der Waals surface area (Å²) in [5, 5.41) is 0. The topological polar surface area (TPSA) is 93.3 Å². The summed E-state index contributed by atoms with van der Waals surface area (Å²) in [5.74, 6) is -0.767. The minimum atomic E-state index is -4.13. The number of halogens is 1. The molecule has 0 radical (unpaired) electrons. The largest absolute Gasteiger partial charge is 0.493 e. The summed E-state index contributed by atoms with van der Waals surface area (Å²) in [6.45, 7) is 0. The van der Waals surface area contributed by atoms with Crippen LogP contribution in [0.4, 0.5) is 10.3 Å². The molecule has 108 valence electrons. The second kappa shape index (κ2) is 5.37. The molecule has 0 fully saturated rings. The predicted octanol–water partition coefficient (Wildman–Crippen LogP) is 1.37. The molecular weight excluding hydrogens is 289 g/mol. The van der Waals surface area contributed by atoms with Crippen molar-refractivity contribution in [1.82, 2.24) is 9.97 Å². The maximum atomic E-state index is 13.9. The first-order chi connectivity index (χ1) is 9.47. The molecule has 1 heterocycles. The number of hydrogen-bond donors (Lipinski definition) is 2. The van der Waals surface area contributed by atoms with Gasteiger partial charge in [-0.15, -0.1) is 0 Å². The van der Waals surface area contributed by atoms with E-state index in [1.807, 2.05) is 0 Å². The van der Waals surface area contributed by atoms with Crippen molar-refractivity contribution in [2.75, 3.05) is 18.9 Å². The lowest BCUT2D eigenvalue weighted by molar-refractivity contribution is 0.350. The fourth-order valence-corrected chi connectivity index (χ4v) is 2.60. The highest BCUT2D eigenvalue weighted by Gasteiger charge is 2.23. The Labute approximate surface area is 114 Å². The number of benzene rings is 1. The number of anilines is 1. The third kappa shape index (κ3) is 2.67. The first-order valence-corrected chi connectivity index (χ1v) is 6.90. The predicted molar refractivity (Wildman–Crippen MR) is 68.9 cm³/mol. The van der Waals surface area contributed by atoms with Gasteiger partial charge in [0.15, 0.2) is 11.5 Å². The van der Waals surface area contributed by atoms with Crippen LogP contribution in [-0.4, -0.2) is 32.6 Å². The molecular formula is C11H12FN3O4S. The van der Waals surface area contributed by atoms with Crippen LogP contribution in [0.25, 0.3) is 0 Å². The zero-order chi connectivity index (χ0) is 14.8. The molecule has 9 heteroatoms. The van der Waals surface area contributed by atoms with Gasteiger partial charge in [0.2, 0.25) is 5.95 Å². The minimum Gasteiger partial charge on any atom is -0.493 e. The lowest BCUT2D eigenvalue weighted by Gasteiger charge is -2.11. The van der Waals surface area contributed by atoms with Crippen molar-refractivity contribution in [2.24, 2.45) is 0 Å². The van der Waals surface area contributed by atoms with Crippen LogP contribution < -0.4 is 14.2 Å². The van der Waals surface area contributed by atoms with E-state index in [1.165, 1.54) is 26.6 Å². The summed E-state index contributed by atoms with van der Waals surface area (Å²) in [6, 6.07) is 1.98. The van der Waals surface area contributed by atoms with E-state index in [9.17, 15) is 12.8 Å². The molecule has 0 saturated carbocycles. The third-order valence-corrected chi connectivity index (χ3v) is 3.81. The molecule has 2 rings (SSSR count). The van der Waals surface area contributed by atoms with Gasteiger partial charge < -0.3 is 14.5 Å². The quantitative estimate of drug-likeness (QED) is 0.870. The van der Waals surface area contributed by atoms with Gasteiger partial charge in [0.1, 0.15) is 10.7 Å². The Morgan fingerprint density at radius 3 is 2.45 bits per heavy atom. The molecule has 0 bridgehead atoms. The van der Waals surface area contributed by atoms with Crippen LogP contribution in [0.15, 0.2) is 29.4 Å². The number of nitrogens with zero attached hydrogens (tertiary/aromatic N) is 1. The van der Waals surface area contributed by atoms with Crippen molar-refractivity contribution < 1.29 is 22.3 Å². The Bertz CT molecular complexity index is 701. The van der Waals surface area contributed by atoms with Gasteiger partial charge in [-0.25, -0.2) is 22.5 Å². The van der Waals surface area contributed by atoms with Gasteiger partial charge in [-0.3, -0.25) is 0 Å². The second-order valence-corrected chi connectivity index (χ2v) is 5.33. The molecule has 2 N–H and O–H groups in total. The van der Waals surface area contributed by atoms with E-state index >= 15 is 0 Å². The number of sulfonamides is 1. The molecule has 1 aromatic heterocycles. The van der Waals surface area contributed by atoms with Crippen molar-refractivity contribution in [3.8, 4) is 11.5 Å². The normalized spacial score (nSPS) is 11.2. The molecule has 0 spiro atoms. The maximum Gasteiger partial charge on any atom is 0.267 e. The molecule has 0 aliphatic carbocycles. The average Bonchev–Trinajstić information content (AvgIpc) is 2.90. The number of ether oxygens (including phenoxy) is 2. The van der Waals surface area contributed by atoms with Gasteiger partial charge in [0, 0.05) is 24.5 Å². The highest BCUT2D eigenvalue weighted by molar-refractivity contribution is 7.92. The summed E-state index contributed by atoms with van der Waals surface area (Å²) in [5.41, 5.74) is 0. The van der Waals surface area contributed by atoms with Crippen molar-refractivity contribution in [3.63, 3.8) is 0 Å². The lowest BCUT2D eigenvalue weighted by Crippen LogP contribution is -2.15. The Kier molecular flexibility index (Phi) is 3.79. The molecule has 0 aliphatic rings. The SMILES string of the molecule is COc1cc(F)c(S(=O)(=O)Nc2ncc[nH]2)cc1OC. The fraction of sp³-hybridized carbons (Fsp3) is 0.182. The third-order valence-electron chi connectivity index (χ3n) is 2.46. The van der Waals surface area contributed by atoms with Crippen molar-refractivity contribution in [3.05, 3.63) is 30.3 Å². The maximum absolute atomic E-state index is 13.9. The van der Waals surface area contributed by atoms with Crippen LogP contribution in [0.2, 0.25) is 0 Å². The summed E-state index contributed by atoms with van der Waals surface area (Å²) < 4.78 is 50.0. The highest BCUT2D eigenvalue weighted by atomic mass is 32.2. The molecule has 0 unspecified atom stereocenters. The summed E-state index contributed by atoms with van der Waals surface area (Å²) >= 11 is 0. The number of aromatic amines is 1. The molecule has 0 aliphatic heterocycles. The summed E-state index contributed by atoms with van der Waals surface area (Å²) in [4.78, 5) is 5.70. The van der Waals surface area contributed by atoms with E-state index in [0.717, 1.165) is 12.1 Å². The molecule has 1 aromatic carbocycles. The molecule has 2 aromatic rings. The smallest absolute Gasteiger partial charge is 0.267 e. The van der Waals surface area contributed by atoms with Crippen LogP contribution in [0, 0.1) is 5.82 Å². The summed E-state index contributed by atoms with van der Waals surface area (Å²) in [7, 11) is -1.47. The lowest BCUT2D eigenvalue weighted by atomic mass is 10.3. The first-order valence-electron chi connectivity index (χ1n) is 5.41. The molecule has 0 amide bonds. The molecule has 20 heavy (non-hydrogen) atoms. The standard InChI is InChI=1S/C11H12FN3O4S/c1-18-8-5-7(12)10(6-9(8)19-2)20(16,17)15-11-13-3-4-14-11/h3-6H,1-2H3,(H2,13,14,15). The number of hydrogen-bond acceptors (Lipinski definition) is 5. The van der Waals surface area contributed by atoms with Gasteiger partial charge >= 0.3 is 0 Å². The molecule has 7 nitrogen and oxygen atoms in total. The average molecular weight is 301 g/mol. The highest BCUT2D eigenvalue weighted by Crippen LogP contribution is 2.32. The zero-order valence-corrected chi connectivity index (χ0v) is 11.5. The minimum absolute atomic E-state index is 0.0146. The fourth-order valence-electron chi connectivity index (χ4n) is 1.54. The van der Waals surface area contributed by atoms with Gasteiger partial charge in [0.25, 0.3) is 10.0 Å². The van der Waals surface area contributed by atoms with Crippen molar-refractivity contribution in [1.29, 1.82) is 0 Å². The van der Waals surface area contributed by atoms with E-state index in [2.05, 4.69) is 14.7 Å². The Morgan fingerprint density at radius 1 is 1.25 bits per heavy atom. The van der Waals surface area contributed by atoms with Crippen LogP contribution >= 0.6 is 0 Å². The van der Waals surface area contributed by atoms with E-state index in [1.54, 1.807) is 0 Å². The van der Waals surface area contributed by atoms with E-state index < -0.39 is 20.7 Å². The van der Waals surface area contributed by atoms with Crippen molar-refractivity contribution in [2.45, 2.75) is 4.90 Å². The van der Waals surface area contributed by atoms with Gasteiger partial charge in [-0.1, -0.05) is 0 Å². The van der Waals surface area contributed by atoms with Gasteiger partial charge in [0.05, 0.1) is 14.2 Å². The van der Waals surface area contributed by atoms with E-state index in [4.69, 9.17) is 9.47 Å². The Morgan fingerprint density at radius 2 is 1.90 bits per heavy atom. The summed E-state index contributed by atoms with van der Waals surface area (Å²) in [6.07, 6.45) is 2.80. The number of nitrogens with one attached hydrogen (secondary N) is 2. The second-order valence-electron chi connectivity index (χ2n) is 3.68. The zero-order valence-electron chi connectivity index (χ0n) is 10.7. The van der Waals surface area contributed by atoms with E-state index in [0.29, 0.717) is 0 Å². The number of imidazole rings is 1. The number of aromatic nitrogens is 2. The van der Waals surface area contributed by atoms with Crippen LogP contribution in [0.1, 0.15) is 0 Å². The van der Waals surface area contributed by atoms with Gasteiger partial charge in [-0.2, -0.15) is 0 Å². The number of H-pyrrole nitrogens is 1.